The molecule has 8 nitrogen and oxygen atoms in total. The molecular weight excluding hydrogens is 633 g/mol. The molecule has 254 valence electrons. The molecule has 1 amide bonds. The minimum atomic E-state index is -1.32. The number of carbonyl (C=O) groups is 1. The van der Waals surface area contributed by atoms with Crippen molar-refractivity contribution >= 4 is 17.7 Å². The zero-order valence-electron chi connectivity index (χ0n) is 26.3. The molecule has 0 unspecified atom stereocenters. The van der Waals surface area contributed by atoms with Gasteiger partial charge in [-0.05, 0) is 71.5 Å². The third kappa shape index (κ3) is 8.30. The fraction of sp³-hybridized carbons (Fsp3) is 0.457. The molecule has 5 rings (SSSR count). The predicted molar refractivity (Wildman–Crippen MR) is 172 cm³/mol. The molecule has 2 heterocycles. The lowest BCUT2D eigenvalue weighted by Gasteiger charge is -2.40. The Hall–Kier alpha value is -3.13. The van der Waals surface area contributed by atoms with Crippen LogP contribution in [-0.2, 0) is 28.8 Å². The maximum absolute atomic E-state index is 14.0. The lowest BCUT2D eigenvalue weighted by atomic mass is 9.90. The van der Waals surface area contributed by atoms with E-state index in [4.69, 9.17) is 15.2 Å². The summed E-state index contributed by atoms with van der Waals surface area (Å²) in [5.41, 5.74) is 9.30. The number of carbonyl (C=O) groups excluding carboxylic acids is 1. The topological polar surface area (TPSA) is 125 Å². The maximum Gasteiger partial charge on any atom is 0.224 e. The van der Waals surface area contributed by atoms with Gasteiger partial charge in [-0.25, -0.2) is 13.2 Å². The monoisotopic (exact) mass is 674 g/mol. The molecule has 12 heteroatoms. The lowest BCUT2D eigenvalue weighted by Crippen LogP contribution is -2.52. The Morgan fingerprint density at radius 3 is 2.40 bits per heavy atom. The normalized spacial score (nSPS) is 25.2. The molecule has 2 aliphatic rings. The molecule has 0 spiro atoms. The average Bonchev–Trinajstić information content (AvgIpc) is 3.52. The second-order valence-corrected chi connectivity index (χ2v) is 13.2. The number of hydrogen-bond acceptors (Lipinski definition) is 8. The first-order chi connectivity index (χ1) is 22.5. The molecule has 3 aromatic carbocycles. The minimum Gasteiger partial charge on any atom is -0.489 e. The smallest absolute Gasteiger partial charge is 0.224 e. The fourth-order valence-electron chi connectivity index (χ4n) is 6.23. The number of aliphatic hydroxyl groups excluding tert-OH is 3. The maximum atomic E-state index is 14.0. The van der Waals surface area contributed by atoms with Gasteiger partial charge in [0.25, 0.3) is 0 Å². The molecule has 0 bridgehead atoms. The Morgan fingerprint density at radius 2 is 1.70 bits per heavy atom. The van der Waals surface area contributed by atoms with E-state index in [2.05, 4.69) is 6.92 Å². The van der Waals surface area contributed by atoms with Crippen LogP contribution >= 0.6 is 11.8 Å². The minimum absolute atomic E-state index is 0.0622. The van der Waals surface area contributed by atoms with Crippen LogP contribution in [0.1, 0.15) is 53.7 Å². The average molecular weight is 675 g/mol. The van der Waals surface area contributed by atoms with Crippen molar-refractivity contribution in [2.75, 3.05) is 19.3 Å². The summed E-state index contributed by atoms with van der Waals surface area (Å²) in [7, 11) is 0. The van der Waals surface area contributed by atoms with E-state index in [9.17, 15) is 33.3 Å². The molecule has 7 atom stereocenters. The van der Waals surface area contributed by atoms with Gasteiger partial charge in [0.1, 0.15) is 47.5 Å². The van der Waals surface area contributed by atoms with Crippen LogP contribution in [0.15, 0.2) is 54.6 Å². The molecule has 2 fully saturated rings. The van der Waals surface area contributed by atoms with Gasteiger partial charge in [0, 0.05) is 31.5 Å². The number of rotatable bonds is 11. The van der Waals surface area contributed by atoms with E-state index in [1.807, 2.05) is 42.5 Å². The number of amides is 1. The predicted octanol–water partition coefficient (Wildman–Crippen LogP) is 4.04. The van der Waals surface area contributed by atoms with Crippen molar-refractivity contribution in [3.63, 3.8) is 0 Å². The quantitative estimate of drug-likeness (QED) is 0.225. The van der Waals surface area contributed by atoms with Crippen molar-refractivity contribution in [3.05, 3.63) is 99.9 Å². The first-order valence-corrected chi connectivity index (χ1v) is 17.0. The second kappa shape index (κ2) is 15.4. The van der Waals surface area contributed by atoms with Crippen molar-refractivity contribution in [1.29, 1.82) is 0 Å². The van der Waals surface area contributed by atoms with E-state index in [0.717, 1.165) is 34.7 Å². The van der Waals surface area contributed by atoms with Gasteiger partial charge in [-0.15, -0.1) is 11.8 Å². The molecule has 0 aromatic heterocycles. The van der Waals surface area contributed by atoms with Gasteiger partial charge < -0.3 is 35.4 Å². The van der Waals surface area contributed by atoms with E-state index in [1.165, 1.54) is 11.8 Å². The van der Waals surface area contributed by atoms with Crippen LogP contribution in [0.25, 0.3) is 0 Å². The van der Waals surface area contributed by atoms with E-state index in [0.29, 0.717) is 37.7 Å². The zero-order valence-corrected chi connectivity index (χ0v) is 27.1. The number of hydrogen-bond donors (Lipinski definition) is 4. The standard InChI is InChI=1S/C35H41F3N2O6S/c1-3-20-6-7-21(34-32(43)31(42)33(44)35(46-34)47-2)13-22(20)12-19-4-8-25(9-5-19)45-26-10-11-40(18-26)30(41)16-24(39)14-23-15-28(37)29(38)17-27(23)36/h4-9,13,15,17,24,26,31-35,42-44H,3,10-12,14,16,18,39H2,1-2H3/t24-,26-,31-,32-,33+,34+,35-/m1/s1. The summed E-state index contributed by atoms with van der Waals surface area (Å²) in [4.78, 5) is 14.5. The highest BCUT2D eigenvalue weighted by atomic mass is 32.2. The molecule has 47 heavy (non-hydrogen) atoms. The third-order valence-electron chi connectivity index (χ3n) is 8.87. The molecule has 0 saturated carbocycles. The largest absolute Gasteiger partial charge is 0.489 e. The van der Waals surface area contributed by atoms with Gasteiger partial charge >= 0.3 is 0 Å². The highest BCUT2D eigenvalue weighted by molar-refractivity contribution is 7.99. The summed E-state index contributed by atoms with van der Waals surface area (Å²) in [5.74, 6) is -2.88. The molecule has 2 saturated heterocycles. The molecule has 0 radical (unpaired) electrons. The first kappa shape index (κ1) is 35.2. The van der Waals surface area contributed by atoms with Crippen LogP contribution in [0.5, 0.6) is 5.75 Å². The Labute approximate surface area is 276 Å². The van der Waals surface area contributed by atoms with E-state index in [1.54, 1.807) is 11.2 Å². The Kier molecular flexibility index (Phi) is 11.5. The highest BCUT2D eigenvalue weighted by Gasteiger charge is 2.44. The third-order valence-corrected chi connectivity index (χ3v) is 9.72. The van der Waals surface area contributed by atoms with Crippen LogP contribution in [0.3, 0.4) is 0 Å². The number of ether oxygens (including phenoxy) is 2. The summed E-state index contributed by atoms with van der Waals surface area (Å²) in [6.07, 6.45) is -1.07. The molecule has 2 aliphatic heterocycles. The second-order valence-electron chi connectivity index (χ2n) is 12.2. The molecule has 5 N–H and O–H groups in total. The number of nitrogens with two attached hydrogens (primary N) is 1. The van der Waals surface area contributed by atoms with Crippen molar-refractivity contribution in [1.82, 2.24) is 4.90 Å². The summed E-state index contributed by atoms with van der Waals surface area (Å²) in [6.45, 7) is 2.93. The Bertz CT molecular complexity index is 1540. The summed E-state index contributed by atoms with van der Waals surface area (Å²) in [5, 5.41) is 31.3. The van der Waals surface area contributed by atoms with Crippen LogP contribution in [0.2, 0.25) is 0 Å². The number of likely N-dealkylation sites (tertiary alicyclic amines) is 1. The van der Waals surface area contributed by atoms with Crippen LogP contribution in [0, 0.1) is 17.5 Å². The van der Waals surface area contributed by atoms with Crippen molar-refractivity contribution in [2.45, 2.75) is 81.0 Å². The van der Waals surface area contributed by atoms with Gasteiger partial charge in [0.15, 0.2) is 11.6 Å². The van der Waals surface area contributed by atoms with E-state index in [-0.39, 0.29) is 30.4 Å². The zero-order chi connectivity index (χ0) is 33.8. The van der Waals surface area contributed by atoms with Gasteiger partial charge in [-0.1, -0.05) is 37.3 Å². The highest BCUT2D eigenvalue weighted by Crippen LogP contribution is 2.37. The number of halogens is 3. The SMILES string of the molecule is CCc1ccc([C@@H]2O[C@H](SC)[C@@H](O)[C@H](O)[C@H]2O)cc1Cc1ccc(O[C@@H]2CCN(C(=O)C[C@H](N)Cc3cc(F)c(F)cc3F)C2)cc1. The lowest BCUT2D eigenvalue weighted by molar-refractivity contribution is -0.200. The van der Waals surface area contributed by atoms with E-state index < -0.39 is 53.3 Å². The molecular formula is C35H41F3N2O6S. The van der Waals surface area contributed by atoms with Crippen molar-refractivity contribution < 1.29 is 42.8 Å². The van der Waals surface area contributed by atoms with Crippen LogP contribution in [0.4, 0.5) is 13.2 Å². The van der Waals surface area contributed by atoms with Crippen LogP contribution in [-0.4, -0.2) is 81.4 Å². The summed E-state index contributed by atoms with van der Waals surface area (Å²) < 4.78 is 52.9. The van der Waals surface area contributed by atoms with Gasteiger partial charge in [-0.2, -0.15) is 0 Å². The number of aryl methyl sites for hydroxylation is 1. The number of thioether (sulfide) groups is 1. The first-order valence-electron chi connectivity index (χ1n) is 15.7. The Balaban J connectivity index is 1.16. The van der Waals surface area contributed by atoms with Crippen LogP contribution < -0.4 is 10.5 Å². The fourth-order valence-corrected chi connectivity index (χ4v) is 6.90. The number of aliphatic hydroxyl groups is 3. The summed E-state index contributed by atoms with van der Waals surface area (Å²) >= 11 is 1.28. The number of nitrogens with zero attached hydrogens (tertiary/aromatic N) is 1. The summed E-state index contributed by atoms with van der Waals surface area (Å²) in [6, 6.07) is 14.1. The van der Waals surface area contributed by atoms with Crippen molar-refractivity contribution in [2.24, 2.45) is 5.73 Å². The van der Waals surface area contributed by atoms with Gasteiger partial charge in [0.05, 0.1) is 6.54 Å². The number of benzene rings is 3. The molecule has 3 aromatic rings. The van der Waals surface area contributed by atoms with Crippen molar-refractivity contribution in [3.8, 4) is 5.75 Å². The Morgan fingerprint density at radius 1 is 0.979 bits per heavy atom. The van der Waals surface area contributed by atoms with E-state index >= 15 is 0 Å². The van der Waals surface area contributed by atoms with Gasteiger partial charge in [0.2, 0.25) is 5.91 Å². The van der Waals surface area contributed by atoms with Gasteiger partial charge in [-0.3, -0.25) is 4.79 Å². The molecule has 0 aliphatic carbocycles.